The Morgan fingerprint density at radius 2 is 2.05 bits per heavy atom. The molecule has 0 bridgehead atoms. The van der Waals surface area contributed by atoms with Gasteiger partial charge in [0.15, 0.2) is 0 Å². The molecule has 1 aromatic rings. The first kappa shape index (κ1) is 17.8. The summed E-state index contributed by atoms with van der Waals surface area (Å²) >= 11 is 5.87. The van der Waals surface area contributed by atoms with E-state index in [2.05, 4.69) is 5.32 Å². The van der Waals surface area contributed by atoms with Gasteiger partial charge < -0.3 is 20.5 Å². The summed E-state index contributed by atoms with van der Waals surface area (Å²) in [6.07, 6.45) is -0.605. The molecule has 0 spiro atoms. The summed E-state index contributed by atoms with van der Waals surface area (Å²) < 4.78 is 10.9. The fourth-order valence-electron chi connectivity index (χ4n) is 1.52. The smallest absolute Gasteiger partial charge is 0.253 e. The Balaban J connectivity index is 2.42. The lowest BCUT2D eigenvalue weighted by Gasteiger charge is -2.20. The van der Waals surface area contributed by atoms with E-state index < -0.39 is 6.10 Å². The summed E-state index contributed by atoms with van der Waals surface area (Å²) in [5.41, 5.74) is 6.49. The van der Waals surface area contributed by atoms with E-state index in [0.29, 0.717) is 29.6 Å². The molecule has 21 heavy (non-hydrogen) atoms. The number of amides is 1. The van der Waals surface area contributed by atoms with Crippen molar-refractivity contribution in [3.05, 3.63) is 23.2 Å². The van der Waals surface area contributed by atoms with E-state index in [4.69, 9.17) is 26.8 Å². The van der Waals surface area contributed by atoms with Gasteiger partial charge in [0, 0.05) is 5.02 Å². The second-order valence-corrected chi connectivity index (χ2v) is 6.13. The maximum atomic E-state index is 12.0. The first-order valence-electron chi connectivity index (χ1n) is 6.80. The number of nitrogens with two attached hydrogens (primary N) is 1. The highest BCUT2D eigenvalue weighted by Gasteiger charge is 2.16. The normalized spacial score (nSPS) is 13.0. The molecule has 6 heteroatoms. The van der Waals surface area contributed by atoms with Crippen LogP contribution >= 0.6 is 11.6 Å². The summed E-state index contributed by atoms with van der Waals surface area (Å²) in [6, 6.07) is 4.90. The molecule has 0 radical (unpaired) electrons. The number of hydrogen-bond donors (Lipinski definition) is 2. The molecule has 0 aliphatic heterocycles. The van der Waals surface area contributed by atoms with E-state index in [9.17, 15) is 4.79 Å². The third-order valence-electron chi connectivity index (χ3n) is 2.63. The summed E-state index contributed by atoms with van der Waals surface area (Å²) in [6.45, 7) is 8.34. The Hall–Kier alpha value is -1.30. The largest absolute Gasteiger partial charge is 0.397 e. The average molecular weight is 315 g/mol. The molecular weight excluding hydrogens is 292 g/mol. The summed E-state index contributed by atoms with van der Waals surface area (Å²) in [4.78, 5) is 12.0. The molecule has 0 heterocycles. The van der Waals surface area contributed by atoms with Crippen LogP contribution in [0.1, 0.15) is 27.7 Å². The molecule has 0 saturated heterocycles. The van der Waals surface area contributed by atoms with Crippen molar-refractivity contribution >= 4 is 28.9 Å². The average Bonchev–Trinajstić information content (AvgIpc) is 2.37. The van der Waals surface area contributed by atoms with Crippen molar-refractivity contribution < 1.29 is 14.3 Å². The SMILES string of the molecule is CC(OCCOC(C)(C)C)C(=O)Nc1cc(Cl)ccc1N. The number of rotatable bonds is 6. The number of benzene rings is 1. The molecule has 0 aliphatic carbocycles. The zero-order chi connectivity index (χ0) is 16.0. The fraction of sp³-hybridized carbons (Fsp3) is 0.533. The van der Waals surface area contributed by atoms with Gasteiger partial charge in [0.25, 0.3) is 5.91 Å². The van der Waals surface area contributed by atoms with E-state index in [1.54, 1.807) is 25.1 Å². The van der Waals surface area contributed by atoms with Crippen LogP contribution in [0.2, 0.25) is 5.02 Å². The topological polar surface area (TPSA) is 73.6 Å². The van der Waals surface area contributed by atoms with Crippen LogP contribution in [-0.4, -0.2) is 30.8 Å². The number of carbonyl (C=O) groups excluding carboxylic acids is 1. The maximum Gasteiger partial charge on any atom is 0.253 e. The van der Waals surface area contributed by atoms with Crippen molar-refractivity contribution in [1.82, 2.24) is 0 Å². The predicted octanol–water partition coefficient (Wildman–Crippen LogP) is 3.08. The molecule has 3 N–H and O–H groups in total. The molecule has 118 valence electrons. The predicted molar refractivity (Wildman–Crippen MR) is 85.6 cm³/mol. The number of hydrogen-bond acceptors (Lipinski definition) is 4. The summed E-state index contributed by atoms with van der Waals surface area (Å²) in [5.74, 6) is -0.278. The lowest BCUT2D eigenvalue weighted by molar-refractivity contribution is -0.128. The summed E-state index contributed by atoms with van der Waals surface area (Å²) in [7, 11) is 0. The number of nitrogens with one attached hydrogen (secondary N) is 1. The van der Waals surface area contributed by atoms with E-state index in [-0.39, 0.29) is 11.5 Å². The van der Waals surface area contributed by atoms with Gasteiger partial charge in [-0.2, -0.15) is 0 Å². The fourth-order valence-corrected chi connectivity index (χ4v) is 1.69. The lowest BCUT2D eigenvalue weighted by Crippen LogP contribution is -2.30. The minimum atomic E-state index is -0.605. The zero-order valence-electron chi connectivity index (χ0n) is 12.9. The van der Waals surface area contributed by atoms with E-state index in [1.807, 2.05) is 20.8 Å². The summed E-state index contributed by atoms with van der Waals surface area (Å²) in [5, 5.41) is 3.20. The third-order valence-corrected chi connectivity index (χ3v) is 2.86. The molecule has 0 saturated carbocycles. The molecular formula is C15H23ClN2O3. The number of carbonyl (C=O) groups is 1. The van der Waals surface area contributed by atoms with Crippen LogP contribution in [0.25, 0.3) is 0 Å². The van der Waals surface area contributed by atoms with E-state index in [0.717, 1.165) is 0 Å². The molecule has 5 nitrogen and oxygen atoms in total. The van der Waals surface area contributed by atoms with Gasteiger partial charge >= 0.3 is 0 Å². The Kier molecular flexibility index (Phi) is 6.45. The molecule has 1 atom stereocenters. The van der Waals surface area contributed by atoms with Gasteiger partial charge in [-0.15, -0.1) is 0 Å². The van der Waals surface area contributed by atoms with Gasteiger partial charge in [-0.25, -0.2) is 0 Å². The van der Waals surface area contributed by atoms with E-state index >= 15 is 0 Å². The van der Waals surface area contributed by atoms with Gasteiger partial charge in [-0.3, -0.25) is 4.79 Å². The molecule has 1 unspecified atom stereocenters. The Morgan fingerprint density at radius 3 is 2.67 bits per heavy atom. The van der Waals surface area contributed by atoms with Gasteiger partial charge in [-0.05, 0) is 45.9 Å². The number of anilines is 2. The standard InChI is InChI=1S/C15H23ClN2O3/c1-10(20-7-8-21-15(2,3)4)14(19)18-13-9-11(16)5-6-12(13)17/h5-6,9-10H,7-8,17H2,1-4H3,(H,18,19). The second-order valence-electron chi connectivity index (χ2n) is 5.69. The molecule has 1 amide bonds. The molecule has 1 aromatic carbocycles. The zero-order valence-corrected chi connectivity index (χ0v) is 13.7. The number of nitrogen functional groups attached to an aromatic ring is 1. The van der Waals surface area contributed by atoms with Crippen LogP contribution in [0.4, 0.5) is 11.4 Å². The van der Waals surface area contributed by atoms with Gasteiger partial charge in [0.05, 0.1) is 30.2 Å². The number of ether oxygens (including phenoxy) is 2. The molecule has 1 rings (SSSR count). The van der Waals surface area contributed by atoms with Crippen LogP contribution in [0.15, 0.2) is 18.2 Å². The number of halogens is 1. The van der Waals surface area contributed by atoms with Crippen LogP contribution in [-0.2, 0) is 14.3 Å². The molecule has 0 aliphatic rings. The monoisotopic (exact) mass is 314 g/mol. The van der Waals surface area contributed by atoms with Crippen molar-refractivity contribution in [2.24, 2.45) is 0 Å². The van der Waals surface area contributed by atoms with Crippen LogP contribution in [0.5, 0.6) is 0 Å². The Bertz CT molecular complexity index is 486. The van der Waals surface area contributed by atoms with Crippen LogP contribution < -0.4 is 11.1 Å². The first-order valence-corrected chi connectivity index (χ1v) is 7.18. The van der Waals surface area contributed by atoms with Gasteiger partial charge in [0.1, 0.15) is 6.10 Å². The third kappa shape index (κ3) is 6.80. The van der Waals surface area contributed by atoms with Crippen molar-refractivity contribution in [2.75, 3.05) is 24.3 Å². The van der Waals surface area contributed by atoms with Crippen LogP contribution in [0, 0.1) is 0 Å². The second kappa shape index (κ2) is 7.64. The highest BCUT2D eigenvalue weighted by molar-refractivity contribution is 6.31. The Labute approximate surface area is 130 Å². The maximum absolute atomic E-state index is 12.0. The van der Waals surface area contributed by atoms with Crippen molar-refractivity contribution in [2.45, 2.75) is 39.4 Å². The first-order chi connectivity index (χ1) is 9.69. The van der Waals surface area contributed by atoms with Gasteiger partial charge in [-0.1, -0.05) is 11.6 Å². The lowest BCUT2D eigenvalue weighted by atomic mass is 10.2. The van der Waals surface area contributed by atoms with Crippen molar-refractivity contribution in [3.8, 4) is 0 Å². The Morgan fingerprint density at radius 1 is 1.38 bits per heavy atom. The minimum Gasteiger partial charge on any atom is -0.397 e. The highest BCUT2D eigenvalue weighted by atomic mass is 35.5. The van der Waals surface area contributed by atoms with Crippen molar-refractivity contribution in [3.63, 3.8) is 0 Å². The minimum absolute atomic E-state index is 0.218. The van der Waals surface area contributed by atoms with Gasteiger partial charge in [0.2, 0.25) is 0 Å². The quantitative estimate of drug-likeness (QED) is 0.625. The van der Waals surface area contributed by atoms with E-state index in [1.165, 1.54) is 0 Å². The van der Waals surface area contributed by atoms with Crippen LogP contribution in [0.3, 0.4) is 0 Å². The molecule has 0 aromatic heterocycles. The molecule has 0 fully saturated rings. The van der Waals surface area contributed by atoms with Crippen molar-refractivity contribution in [1.29, 1.82) is 0 Å². The highest BCUT2D eigenvalue weighted by Crippen LogP contribution is 2.23.